The Balaban J connectivity index is 1.76. The van der Waals surface area contributed by atoms with E-state index >= 15 is 0 Å². The van der Waals surface area contributed by atoms with E-state index in [0.717, 1.165) is 5.56 Å². The zero-order chi connectivity index (χ0) is 15.9. The first kappa shape index (κ1) is 16.3. The fourth-order valence-corrected chi connectivity index (χ4v) is 2.29. The SMILES string of the molecule is O=C(O)COCCOCCC1CC(=O)Oc2cc(O)ccc21. The smallest absolute Gasteiger partial charge is 0.329 e. The molecule has 1 aliphatic rings. The van der Waals surface area contributed by atoms with Crippen molar-refractivity contribution in [2.24, 2.45) is 0 Å². The van der Waals surface area contributed by atoms with Crippen molar-refractivity contribution in [3.8, 4) is 11.5 Å². The number of carbonyl (C=O) groups excluding carboxylic acids is 1. The molecule has 0 aliphatic carbocycles. The fourth-order valence-electron chi connectivity index (χ4n) is 2.29. The van der Waals surface area contributed by atoms with Crippen molar-refractivity contribution >= 4 is 11.9 Å². The second-order valence-corrected chi connectivity index (χ2v) is 4.94. The summed E-state index contributed by atoms with van der Waals surface area (Å²) >= 11 is 0. The van der Waals surface area contributed by atoms with E-state index in [1.54, 1.807) is 12.1 Å². The molecule has 0 amide bonds. The van der Waals surface area contributed by atoms with Gasteiger partial charge in [-0.3, -0.25) is 4.79 Å². The van der Waals surface area contributed by atoms with Crippen LogP contribution in [0.4, 0.5) is 0 Å². The van der Waals surface area contributed by atoms with Crippen molar-refractivity contribution in [3.63, 3.8) is 0 Å². The van der Waals surface area contributed by atoms with Crippen LogP contribution in [-0.2, 0) is 19.1 Å². The normalized spacial score (nSPS) is 16.9. The fraction of sp³-hybridized carbons (Fsp3) is 0.467. The molecular formula is C15H18O7. The van der Waals surface area contributed by atoms with E-state index in [4.69, 9.17) is 19.3 Å². The van der Waals surface area contributed by atoms with Crippen LogP contribution >= 0.6 is 0 Å². The van der Waals surface area contributed by atoms with Crippen LogP contribution in [0.2, 0.25) is 0 Å². The van der Waals surface area contributed by atoms with Gasteiger partial charge in [-0.15, -0.1) is 0 Å². The lowest BCUT2D eigenvalue weighted by Crippen LogP contribution is -2.21. The molecule has 0 aromatic heterocycles. The van der Waals surface area contributed by atoms with Crippen LogP contribution in [0.3, 0.4) is 0 Å². The first-order valence-electron chi connectivity index (χ1n) is 6.97. The Morgan fingerprint density at radius 1 is 1.27 bits per heavy atom. The number of carboxylic acid groups (broad SMARTS) is 1. The Morgan fingerprint density at radius 2 is 2.05 bits per heavy atom. The third-order valence-electron chi connectivity index (χ3n) is 3.28. The summed E-state index contributed by atoms with van der Waals surface area (Å²) in [5, 5.41) is 17.8. The lowest BCUT2D eigenvalue weighted by atomic mass is 9.90. The molecule has 1 aromatic rings. The summed E-state index contributed by atoms with van der Waals surface area (Å²) in [4.78, 5) is 21.8. The maximum Gasteiger partial charge on any atom is 0.329 e. The number of hydrogen-bond donors (Lipinski definition) is 2. The van der Waals surface area contributed by atoms with Gasteiger partial charge in [-0.1, -0.05) is 6.07 Å². The molecule has 7 heteroatoms. The van der Waals surface area contributed by atoms with E-state index in [0.29, 0.717) is 25.4 Å². The Morgan fingerprint density at radius 3 is 2.82 bits per heavy atom. The number of esters is 1. The van der Waals surface area contributed by atoms with Gasteiger partial charge in [0.1, 0.15) is 18.1 Å². The van der Waals surface area contributed by atoms with Crippen LogP contribution in [0, 0.1) is 0 Å². The Kier molecular flexibility index (Phi) is 5.74. The second kappa shape index (κ2) is 7.77. The number of ether oxygens (including phenoxy) is 3. The highest BCUT2D eigenvalue weighted by molar-refractivity contribution is 5.76. The molecule has 0 fully saturated rings. The van der Waals surface area contributed by atoms with E-state index in [-0.39, 0.29) is 37.3 Å². The number of carbonyl (C=O) groups is 2. The van der Waals surface area contributed by atoms with Crippen LogP contribution in [-0.4, -0.2) is 48.6 Å². The minimum Gasteiger partial charge on any atom is -0.508 e. The lowest BCUT2D eigenvalue weighted by molar-refractivity contribution is -0.142. The highest BCUT2D eigenvalue weighted by Gasteiger charge is 2.27. The van der Waals surface area contributed by atoms with E-state index in [1.165, 1.54) is 6.07 Å². The maximum atomic E-state index is 11.6. The minimum absolute atomic E-state index is 0.0169. The topological polar surface area (TPSA) is 102 Å². The number of rotatable bonds is 8. The summed E-state index contributed by atoms with van der Waals surface area (Å²) in [6.45, 7) is 0.597. The monoisotopic (exact) mass is 310 g/mol. The Bertz CT molecular complexity index is 541. The second-order valence-electron chi connectivity index (χ2n) is 4.94. The van der Waals surface area contributed by atoms with Gasteiger partial charge in [0.2, 0.25) is 0 Å². The molecule has 1 atom stereocenters. The average Bonchev–Trinajstić information content (AvgIpc) is 2.45. The van der Waals surface area contributed by atoms with Crippen molar-refractivity contribution in [2.45, 2.75) is 18.8 Å². The predicted octanol–water partition coefficient (Wildman–Crippen LogP) is 1.29. The van der Waals surface area contributed by atoms with Crippen molar-refractivity contribution < 1.29 is 34.0 Å². The number of phenols is 1. The van der Waals surface area contributed by atoms with E-state index in [1.807, 2.05) is 0 Å². The lowest BCUT2D eigenvalue weighted by Gasteiger charge is -2.24. The molecule has 120 valence electrons. The molecule has 1 aromatic carbocycles. The molecule has 7 nitrogen and oxygen atoms in total. The molecule has 0 saturated heterocycles. The molecule has 0 radical (unpaired) electrons. The van der Waals surface area contributed by atoms with Gasteiger partial charge in [0, 0.05) is 18.6 Å². The molecule has 1 heterocycles. The Labute approximate surface area is 127 Å². The van der Waals surface area contributed by atoms with Crippen LogP contribution < -0.4 is 4.74 Å². The van der Waals surface area contributed by atoms with Gasteiger partial charge in [0.15, 0.2) is 0 Å². The number of benzene rings is 1. The van der Waals surface area contributed by atoms with Crippen LogP contribution in [0.15, 0.2) is 18.2 Å². The summed E-state index contributed by atoms with van der Waals surface area (Å²) in [6.07, 6.45) is 0.905. The van der Waals surface area contributed by atoms with E-state index < -0.39 is 5.97 Å². The summed E-state index contributed by atoms with van der Waals surface area (Å²) in [7, 11) is 0. The maximum absolute atomic E-state index is 11.6. The average molecular weight is 310 g/mol. The summed E-state index contributed by atoms with van der Waals surface area (Å²) in [6, 6.07) is 4.74. The molecule has 0 spiro atoms. The summed E-state index contributed by atoms with van der Waals surface area (Å²) in [5.41, 5.74) is 0.878. The number of phenolic OH excluding ortho intramolecular Hbond substituents is 1. The van der Waals surface area contributed by atoms with Crippen molar-refractivity contribution in [1.82, 2.24) is 0 Å². The minimum atomic E-state index is -1.01. The van der Waals surface area contributed by atoms with Gasteiger partial charge >= 0.3 is 11.9 Å². The first-order chi connectivity index (χ1) is 10.6. The zero-order valence-corrected chi connectivity index (χ0v) is 12.0. The summed E-state index contributed by atoms with van der Waals surface area (Å²) < 4.78 is 15.3. The third-order valence-corrected chi connectivity index (χ3v) is 3.28. The number of aliphatic carboxylic acids is 1. The largest absolute Gasteiger partial charge is 0.508 e. The van der Waals surface area contributed by atoms with Gasteiger partial charge in [-0.05, 0) is 18.1 Å². The standard InChI is InChI=1S/C15H18O7/c16-11-1-2-12-10(7-15(19)22-13(12)8-11)3-4-20-5-6-21-9-14(17)18/h1-2,8,10,16H,3-7,9H2,(H,17,18). The first-order valence-corrected chi connectivity index (χ1v) is 6.97. The van der Waals surface area contributed by atoms with E-state index in [2.05, 4.69) is 0 Å². The molecule has 1 aliphatic heterocycles. The number of carboxylic acids is 1. The highest BCUT2D eigenvalue weighted by atomic mass is 16.5. The third kappa shape index (κ3) is 4.71. The highest BCUT2D eigenvalue weighted by Crippen LogP contribution is 2.38. The molecule has 1 unspecified atom stereocenters. The molecule has 0 saturated carbocycles. The van der Waals surface area contributed by atoms with Gasteiger partial charge < -0.3 is 24.4 Å². The van der Waals surface area contributed by atoms with Crippen molar-refractivity contribution in [1.29, 1.82) is 0 Å². The van der Waals surface area contributed by atoms with Gasteiger partial charge in [0.05, 0.1) is 19.6 Å². The zero-order valence-electron chi connectivity index (χ0n) is 12.0. The molecule has 22 heavy (non-hydrogen) atoms. The quantitative estimate of drug-likeness (QED) is 0.424. The van der Waals surface area contributed by atoms with Gasteiger partial charge in [-0.25, -0.2) is 4.79 Å². The molecule has 2 rings (SSSR count). The van der Waals surface area contributed by atoms with Crippen LogP contribution in [0.1, 0.15) is 24.3 Å². The molecular weight excluding hydrogens is 292 g/mol. The van der Waals surface area contributed by atoms with Crippen LogP contribution in [0.5, 0.6) is 11.5 Å². The molecule has 0 bridgehead atoms. The van der Waals surface area contributed by atoms with Crippen LogP contribution in [0.25, 0.3) is 0 Å². The number of hydrogen-bond acceptors (Lipinski definition) is 6. The number of aromatic hydroxyl groups is 1. The van der Waals surface area contributed by atoms with E-state index in [9.17, 15) is 14.7 Å². The number of fused-ring (bicyclic) bond motifs is 1. The van der Waals surface area contributed by atoms with Crippen molar-refractivity contribution in [3.05, 3.63) is 23.8 Å². The van der Waals surface area contributed by atoms with Crippen molar-refractivity contribution in [2.75, 3.05) is 26.4 Å². The summed E-state index contributed by atoms with van der Waals surface area (Å²) in [5.74, 6) is -0.907. The predicted molar refractivity (Wildman–Crippen MR) is 75.0 cm³/mol. The van der Waals surface area contributed by atoms with Gasteiger partial charge in [0.25, 0.3) is 0 Å². The molecule has 2 N–H and O–H groups in total. The van der Waals surface area contributed by atoms with Gasteiger partial charge in [-0.2, -0.15) is 0 Å². The Hall–Kier alpha value is -2.12.